The summed E-state index contributed by atoms with van der Waals surface area (Å²) < 4.78 is 28.2. The van der Waals surface area contributed by atoms with Gasteiger partial charge in [-0.2, -0.15) is 4.31 Å². The SMILES string of the molecule is Cc1cc(C)c(S(=O)(=O)N2CCC(C(=O)NC(Cc3ccccc3)C(=O)NC3CC3)CC2)c(C)c1. The maximum Gasteiger partial charge on any atom is 0.243 e. The summed E-state index contributed by atoms with van der Waals surface area (Å²) in [4.78, 5) is 26.3. The van der Waals surface area contributed by atoms with Crippen molar-refractivity contribution in [3.8, 4) is 0 Å². The van der Waals surface area contributed by atoms with Gasteiger partial charge < -0.3 is 10.6 Å². The second-order valence-corrected chi connectivity index (χ2v) is 11.8. The van der Waals surface area contributed by atoms with Gasteiger partial charge in [-0.05, 0) is 63.1 Å². The molecule has 1 saturated carbocycles. The van der Waals surface area contributed by atoms with E-state index in [4.69, 9.17) is 0 Å². The van der Waals surface area contributed by atoms with E-state index in [0.29, 0.717) is 24.2 Å². The molecule has 2 aromatic carbocycles. The molecule has 7 nitrogen and oxygen atoms in total. The van der Waals surface area contributed by atoms with Gasteiger partial charge in [0.05, 0.1) is 4.90 Å². The molecule has 4 rings (SSSR count). The smallest absolute Gasteiger partial charge is 0.243 e. The summed E-state index contributed by atoms with van der Waals surface area (Å²) in [5.41, 5.74) is 3.50. The Morgan fingerprint density at radius 2 is 1.57 bits per heavy atom. The number of nitrogens with zero attached hydrogens (tertiary/aromatic N) is 1. The van der Waals surface area contributed by atoms with Crippen LogP contribution in [0, 0.1) is 26.7 Å². The summed E-state index contributed by atoms with van der Waals surface area (Å²) in [6.07, 6.45) is 3.23. The predicted molar refractivity (Wildman–Crippen MR) is 135 cm³/mol. The van der Waals surface area contributed by atoms with Crippen molar-refractivity contribution in [3.63, 3.8) is 0 Å². The third-order valence-electron chi connectivity index (χ3n) is 6.87. The highest BCUT2D eigenvalue weighted by molar-refractivity contribution is 7.89. The Morgan fingerprint density at radius 1 is 0.971 bits per heavy atom. The molecule has 0 radical (unpaired) electrons. The first-order valence-corrected chi connectivity index (χ1v) is 13.8. The fourth-order valence-electron chi connectivity index (χ4n) is 4.94. The van der Waals surface area contributed by atoms with Gasteiger partial charge in [0.1, 0.15) is 6.04 Å². The van der Waals surface area contributed by atoms with Gasteiger partial charge in [-0.3, -0.25) is 9.59 Å². The number of sulfonamides is 1. The summed E-state index contributed by atoms with van der Waals surface area (Å²) in [7, 11) is -3.64. The zero-order valence-electron chi connectivity index (χ0n) is 20.7. The summed E-state index contributed by atoms with van der Waals surface area (Å²) in [6, 6.07) is 13.0. The number of benzene rings is 2. The molecule has 2 N–H and O–H groups in total. The maximum atomic E-state index is 13.4. The molecule has 0 aromatic heterocycles. The van der Waals surface area contributed by atoms with E-state index < -0.39 is 16.1 Å². The quantitative estimate of drug-likeness (QED) is 0.586. The first kappa shape index (κ1) is 25.4. The number of hydrogen-bond acceptors (Lipinski definition) is 4. The van der Waals surface area contributed by atoms with Crippen LogP contribution in [0.3, 0.4) is 0 Å². The molecule has 1 heterocycles. The molecule has 1 saturated heterocycles. The van der Waals surface area contributed by atoms with E-state index in [0.717, 1.165) is 35.1 Å². The van der Waals surface area contributed by atoms with Crippen LogP contribution in [0.1, 0.15) is 47.9 Å². The van der Waals surface area contributed by atoms with Gasteiger partial charge in [0.25, 0.3) is 0 Å². The lowest BCUT2D eigenvalue weighted by Gasteiger charge is -2.32. The third-order valence-corrected chi connectivity index (χ3v) is 9.07. The van der Waals surface area contributed by atoms with Crippen LogP contribution in [0.2, 0.25) is 0 Å². The van der Waals surface area contributed by atoms with Crippen LogP contribution in [-0.4, -0.2) is 49.7 Å². The Bertz CT molecular complexity index is 1160. The molecule has 8 heteroatoms. The monoisotopic (exact) mass is 497 g/mol. The van der Waals surface area contributed by atoms with Crippen LogP contribution >= 0.6 is 0 Å². The fourth-order valence-corrected chi connectivity index (χ4v) is 6.82. The van der Waals surface area contributed by atoms with Crippen molar-refractivity contribution in [1.29, 1.82) is 0 Å². The van der Waals surface area contributed by atoms with E-state index in [-0.39, 0.29) is 36.9 Å². The summed E-state index contributed by atoms with van der Waals surface area (Å²) in [5.74, 6) is -0.666. The first-order valence-electron chi connectivity index (χ1n) is 12.4. The maximum absolute atomic E-state index is 13.4. The Balaban J connectivity index is 1.40. The molecule has 188 valence electrons. The van der Waals surface area contributed by atoms with Crippen LogP contribution < -0.4 is 10.6 Å². The number of carbonyl (C=O) groups excluding carboxylic acids is 2. The average molecular weight is 498 g/mol. The largest absolute Gasteiger partial charge is 0.352 e. The van der Waals surface area contributed by atoms with Crippen molar-refractivity contribution in [2.75, 3.05) is 13.1 Å². The van der Waals surface area contributed by atoms with E-state index in [9.17, 15) is 18.0 Å². The summed E-state index contributed by atoms with van der Waals surface area (Å²) in [6.45, 7) is 6.17. The molecular weight excluding hydrogens is 462 g/mol. The van der Waals surface area contributed by atoms with E-state index in [1.54, 1.807) is 0 Å². The molecule has 2 aliphatic rings. The van der Waals surface area contributed by atoms with Gasteiger partial charge in [-0.1, -0.05) is 48.0 Å². The molecule has 2 aromatic rings. The van der Waals surface area contributed by atoms with E-state index in [1.807, 2.05) is 63.2 Å². The molecule has 1 aliphatic heterocycles. The standard InChI is InChI=1S/C27H35N3O4S/c1-18-15-19(2)25(20(3)16-18)35(33,34)30-13-11-22(12-14-30)26(31)29-24(27(32)28-23-9-10-23)17-21-7-5-4-6-8-21/h4-8,15-16,22-24H,9-14,17H2,1-3H3,(H,28,32)(H,29,31). The normalized spacial score (nSPS) is 18.1. The lowest BCUT2D eigenvalue weighted by Crippen LogP contribution is -2.51. The van der Waals surface area contributed by atoms with Gasteiger partial charge >= 0.3 is 0 Å². The third kappa shape index (κ3) is 6.11. The van der Waals surface area contributed by atoms with Crippen molar-refractivity contribution in [1.82, 2.24) is 14.9 Å². The van der Waals surface area contributed by atoms with Crippen molar-refractivity contribution in [2.24, 2.45) is 5.92 Å². The highest BCUT2D eigenvalue weighted by Crippen LogP contribution is 2.29. The first-order chi connectivity index (χ1) is 16.6. The molecule has 2 fully saturated rings. The minimum atomic E-state index is -3.64. The van der Waals surface area contributed by atoms with Gasteiger partial charge in [-0.25, -0.2) is 8.42 Å². The Labute approximate surface area is 208 Å². The second-order valence-electron chi connectivity index (χ2n) is 9.94. The molecule has 1 atom stereocenters. The molecule has 2 amide bonds. The number of carbonyl (C=O) groups is 2. The molecule has 0 bridgehead atoms. The highest BCUT2D eigenvalue weighted by atomic mass is 32.2. The Morgan fingerprint density at radius 3 is 2.14 bits per heavy atom. The minimum Gasteiger partial charge on any atom is -0.352 e. The number of hydrogen-bond donors (Lipinski definition) is 2. The van der Waals surface area contributed by atoms with Crippen molar-refractivity contribution >= 4 is 21.8 Å². The van der Waals surface area contributed by atoms with Gasteiger partial charge in [0.15, 0.2) is 0 Å². The van der Waals surface area contributed by atoms with Crippen LogP contribution in [0.5, 0.6) is 0 Å². The molecule has 1 aliphatic carbocycles. The fraction of sp³-hybridized carbons (Fsp3) is 0.481. The number of amides is 2. The van der Waals surface area contributed by atoms with Crippen molar-refractivity contribution in [3.05, 3.63) is 64.7 Å². The average Bonchev–Trinajstić information content (AvgIpc) is 3.62. The zero-order chi connectivity index (χ0) is 25.2. The number of piperidine rings is 1. The highest BCUT2D eigenvalue weighted by Gasteiger charge is 2.35. The molecule has 0 spiro atoms. The lowest BCUT2D eigenvalue weighted by atomic mass is 9.96. The predicted octanol–water partition coefficient (Wildman–Crippen LogP) is 3.02. The number of aryl methyl sites for hydroxylation is 3. The Hall–Kier alpha value is -2.71. The summed E-state index contributed by atoms with van der Waals surface area (Å²) >= 11 is 0. The van der Waals surface area contributed by atoms with Crippen LogP contribution in [-0.2, 0) is 26.0 Å². The topological polar surface area (TPSA) is 95.6 Å². The second kappa shape index (κ2) is 10.5. The van der Waals surface area contributed by atoms with Gasteiger partial charge in [0.2, 0.25) is 21.8 Å². The lowest BCUT2D eigenvalue weighted by molar-refractivity contribution is -0.131. The van der Waals surface area contributed by atoms with Crippen LogP contribution in [0.15, 0.2) is 47.4 Å². The van der Waals surface area contributed by atoms with Crippen LogP contribution in [0.4, 0.5) is 0 Å². The van der Waals surface area contributed by atoms with E-state index in [2.05, 4.69) is 10.6 Å². The molecular formula is C27H35N3O4S. The zero-order valence-corrected chi connectivity index (χ0v) is 21.5. The van der Waals surface area contributed by atoms with E-state index in [1.165, 1.54) is 4.31 Å². The van der Waals surface area contributed by atoms with Gasteiger partial charge in [-0.15, -0.1) is 0 Å². The molecule has 1 unspecified atom stereocenters. The minimum absolute atomic E-state index is 0.157. The molecule has 35 heavy (non-hydrogen) atoms. The summed E-state index contributed by atoms with van der Waals surface area (Å²) in [5, 5.41) is 5.96. The number of nitrogens with one attached hydrogen (secondary N) is 2. The van der Waals surface area contributed by atoms with E-state index >= 15 is 0 Å². The van der Waals surface area contributed by atoms with Gasteiger partial charge in [0, 0.05) is 31.5 Å². The van der Waals surface area contributed by atoms with Crippen molar-refractivity contribution < 1.29 is 18.0 Å². The Kier molecular flexibility index (Phi) is 7.62. The number of rotatable bonds is 8. The van der Waals surface area contributed by atoms with Crippen molar-refractivity contribution in [2.45, 2.75) is 69.9 Å². The van der Waals surface area contributed by atoms with Crippen LogP contribution in [0.25, 0.3) is 0 Å².